The van der Waals surface area contributed by atoms with Crippen molar-refractivity contribution in [3.8, 4) is 0 Å². The fraction of sp³-hybridized carbons (Fsp3) is 0.750. The molecule has 1 atom stereocenters. The number of hydrogen-bond donors (Lipinski definition) is 3. The summed E-state index contributed by atoms with van der Waals surface area (Å²) >= 11 is 0. The highest BCUT2D eigenvalue weighted by Gasteiger charge is 2.29. The zero-order chi connectivity index (χ0) is 14.3. The van der Waals surface area contributed by atoms with E-state index in [0.717, 1.165) is 0 Å². The Morgan fingerprint density at radius 3 is 2.17 bits per heavy atom. The summed E-state index contributed by atoms with van der Waals surface area (Å²) < 4.78 is 0. The van der Waals surface area contributed by atoms with Crippen molar-refractivity contribution in [2.45, 2.75) is 52.5 Å². The van der Waals surface area contributed by atoms with Gasteiger partial charge < -0.3 is 15.5 Å². The molecule has 0 aliphatic heterocycles. The maximum Gasteiger partial charge on any atom is 0.326 e. The van der Waals surface area contributed by atoms with Gasteiger partial charge >= 0.3 is 11.9 Å². The van der Waals surface area contributed by atoms with Crippen LogP contribution in [0.4, 0.5) is 0 Å². The van der Waals surface area contributed by atoms with Crippen molar-refractivity contribution in [2.75, 3.05) is 0 Å². The van der Waals surface area contributed by atoms with E-state index >= 15 is 0 Å². The summed E-state index contributed by atoms with van der Waals surface area (Å²) in [6, 6.07) is -1.03. The third-order valence-electron chi connectivity index (χ3n) is 2.99. The lowest BCUT2D eigenvalue weighted by Gasteiger charge is -2.24. The zero-order valence-corrected chi connectivity index (χ0v) is 11.0. The van der Waals surface area contributed by atoms with Crippen LogP contribution >= 0.6 is 0 Å². The van der Waals surface area contributed by atoms with Gasteiger partial charge in [-0.05, 0) is 19.3 Å². The van der Waals surface area contributed by atoms with Gasteiger partial charge in [0.05, 0.1) is 0 Å². The lowest BCUT2D eigenvalue weighted by atomic mass is 9.89. The molecular weight excluding hydrogens is 238 g/mol. The number of amides is 1. The average Bonchev–Trinajstić information content (AvgIpc) is 2.26. The first kappa shape index (κ1) is 16.4. The van der Waals surface area contributed by atoms with Gasteiger partial charge in [0.25, 0.3) is 0 Å². The predicted molar refractivity (Wildman–Crippen MR) is 65.1 cm³/mol. The minimum atomic E-state index is -1.14. The van der Waals surface area contributed by atoms with Gasteiger partial charge in [0.2, 0.25) is 5.91 Å². The lowest BCUT2D eigenvalue weighted by molar-refractivity contribution is -0.144. The first-order chi connectivity index (χ1) is 8.20. The number of rotatable bonds is 8. The van der Waals surface area contributed by atoms with E-state index in [0.29, 0.717) is 6.42 Å². The number of nitrogens with one attached hydrogen (secondary N) is 1. The minimum Gasteiger partial charge on any atom is -0.481 e. The van der Waals surface area contributed by atoms with Gasteiger partial charge in [-0.25, -0.2) is 4.79 Å². The van der Waals surface area contributed by atoms with E-state index in [1.165, 1.54) is 0 Å². The van der Waals surface area contributed by atoms with Crippen LogP contribution in [0.5, 0.6) is 0 Å². The molecule has 18 heavy (non-hydrogen) atoms. The monoisotopic (exact) mass is 259 g/mol. The summed E-state index contributed by atoms with van der Waals surface area (Å²) in [6.45, 7) is 5.32. The number of carbonyl (C=O) groups is 3. The van der Waals surface area contributed by atoms with E-state index in [-0.39, 0.29) is 25.2 Å². The van der Waals surface area contributed by atoms with E-state index in [1.807, 2.05) is 6.92 Å². The van der Waals surface area contributed by atoms with Crippen LogP contribution in [0.1, 0.15) is 46.5 Å². The van der Waals surface area contributed by atoms with Crippen LogP contribution in [0.15, 0.2) is 0 Å². The number of hydrogen-bond acceptors (Lipinski definition) is 3. The SMILES string of the molecule is CCC(C)(C)C(=O)N[C@H](CCCC(=O)O)C(=O)O. The molecule has 0 rings (SSSR count). The normalized spacial score (nSPS) is 12.8. The van der Waals surface area contributed by atoms with Gasteiger partial charge in [0.15, 0.2) is 0 Å². The summed E-state index contributed by atoms with van der Waals surface area (Å²) in [5, 5.41) is 19.9. The minimum absolute atomic E-state index is 0.100. The third-order valence-corrected chi connectivity index (χ3v) is 2.99. The Morgan fingerprint density at radius 1 is 1.22 bits per heavy atom. The molecule has 0 aliphatic carbocycles. The van der Waals surface area contributed by atoms with Gasteiger partial charge in [0, 0.05) is 11.8 Å². The molecule has 0 aromatic carbocycles. The van der Waals surface area contributed by atoms with Crippen molar-refractivity contribution >= 4 is 17.8 Å². The van der Waals surface area contributed by atoms with E-state index in [2.05, 4.69) is 5.32 Å². The molecule has 0 bridgehead atoms. The molecule has 6 heteroatoms. The van der Waals surface area contributed by atoms with E-state index in [4.69, 9.17) is 10.2 Å². The van der Waals surface area contributed by atoms with Crippen molar-refractivity contribution in [2.24, 2.45) is 5.41 Å². The zero-order valence-electron chi connectivity index (χ0n) is 11.0. The summed E-state index contributed by atoms with van der Waals surface area (Å²) in [6.07, 6.45) is 0.837. The summed E-state index contributed by atoms with van der Waals surface area (Å²) in [4.78, 5) is 33.1. The summed E-state index contributed by atoms with van der Waals surface area (Å²) in [5.41, 5.74) is -0.625. The molecule has 0 fully saturated rings. The van der Waals surface area contributed by atoms with Crippen LogP contribution in [0.2, 0.25) is 0 Å². The van der Waals surface area contributed by atoms with Crippen LogP contribution in [0, 0.1) is 5.41 Å². The first-order valence-corrected chi connectivity index (χ1v) is 5.96. The molecule has 0 heterocycles. The Hall–Kier alpha value is -1.59. The predicted octanol–water partition coefficient (Wildman–Crippen LogP) is 1.25. The van der Waals surface area contributed by atoms with Crippen LogP contribution in [0.25, 0.3) is 0 Å². The van der Waals surface area contributed by atoms with Gasteiger partial charge in [-0.2, -0.15) is 0 Å². The highest BCUT2D eigenvalue weighted by molar-refractivity contribution is 5.86. The number of aliphatic carboxylic acids is 2. The van der Waals surface area contributed by atoms with Crippen LogP contribution in [-0.4, -0.2) is 34.1 Å². The molecule has 0 saturated carbocycles. The van der Waals surface area contributed by atoms with Crippen molar-refractivity contribution < 1.29 is 24.6 Å². The van der Waals surface area contributed by atoms with Gasteiger partial charge in [-0.3, -0.25) is 9.59 Å². The maximum absolute atomic E-state index is 11.8. The Labute approximate surface area is 106 Å². The van der Waals surface area contributed by atoms with Crippen LogP contribution < -0.4 is 5.32 Å². The highest BCUT2D eigenvalue weighted by atomic mass is 16.4. The second-order valence-corrected chi connectivity index (χ2v) is 4.89. The Balaban J connectivity index is 4.41. The largest absolute Gasteiger partial charge is 0.481 e. The molecule has 3 N–H and O–H groups in total. The Morgan fingerprint density at radius 2 is 1.78 bits per heavy atom. The van der Waals surface area contributed by atoms with E-state index in [1.54, 1.807) is 13.8 Å². The molecule has 1 amide bonds. The lowest BCUT2D eigenvalue weighted by Crippen LogP contribution is -2.46. The molecule has 0 spiro atoms. The second kappa shape index (κ2) is 6.98. The molecule has 0 saturated heterocycles. The topological polar surface area (TPSA) is 104 Å². The van der Waals surface area contributed by atoms with Gasteiger partial charge in [0.1, 0.15) is 6.04 Å². The molecule has 0 radical (unpaired) electrons. The van der Waals surface area contributed by atoms with Crippen LogP contribution in [-0.2, 0) is 14.4 Å². The number of carboxylic acids is 2. The fourth-order valence-corrected chi connectivity index (χ4v) is 1.23. The Kier molecular flexibility index (Phi) is 6.36. The fourth-order valence-electron chi connectivity index (χ4n) is 1.23. The quantitative estimate of drug-likeness (QED) is 0.608. The van der Waals surface area contributed by atoms with E-state index < -0.39 is 23.4 Å². The number of carbonyl (C=O) groups excluding carboxylic acids is 1. The molecule has 104 valence electrons. The van der Waals surface area contributed by atoms with Crippen molar-refractivity contribution in [3.63, 3.8) is 0 Å². The molecule has 6 nitrogen and oxygen atoms in total. The summed E-state index contributed by atoms with van der Waals surface area (Å²) in [7, 11) is 0. The molecular formula is C12H21NO5. The standard InChI is InChI=1S/C12H21NO5/c1-4-12(2,3)11(18)13-8(10(16)17)6-5-7-9(14)15/h8H,4-7H2,1-3H3,(H,13,18)(H,14,15)(H,16,17)/t8-/m1/s1. The molecule has 0 aromatic heterocycles. The Bertz CT molecular complexity index is 324. The summed E-state index contributed by atoms with van der Waals surface area (Å²) in [5.74, 6) is -2.44. The van der Waals surface area contributed by atoms with Crippen molar-refractivity contribution in [3.05, 3.63) is 0 Å². The first-order valence-electron chi connectivity index (χ1n) is 5.96. The second-order valence-electron chi connectivity index (χ2n) is 4.89. The highest BCUT2D eigenvalue weighted by Crippen LogP contribution is 2.20. The molecule has 0 unspecified atom stereocenters. The number of carboxylic acid groups (broad SMARTS) is 2. The molecule has 0 aromatic rings. The maximum atomic E-state index is 11.8. The van der Waals surface area contributed by atoms with Crippen molar-refractivity contribution in [1.82, 2.24) is 5.32 Å². The smallest absolute Gasteiger partial charge is 0.326 e. The average molecular weight is 259 g/mol. The third kappa shape index (κ3) is 5.65. The van der Waals surface area contributed by atoms with Crippen molar-refractivity contribution in [1.29, 1.82) is 0 Å². The van der Waals surface area contributed by atoms with E-state index in [9.17, 15) is 14.4 Å². The van der Waals surface area contributed by atoms with Gasteiger partial charge in [-0.1, -0.05) is 20.8 Å². The molecule has 0 aliphatic rings. The van der Waals surface area contributed by atoms with Crippen LogP contribution in [0.3, 0.4) is 0 Å². The van der Waals surface area contributed by atoms with Gasteiger partial charge in [-0.15, -0.1) is 0 Å².